The van der Waals surface area contributed by atoms with E-state index < -0.39 is 5.60 Å². The summed E-state index contributed by atoms with van der Waals surface area (Å²) < 4.78 is 5.54. The number of hydrogen-bond donors (Lipinski definition) is 2. The molecule has 110 valence electrons. The Morgan fingerprint density at radius 2 is 2.05 bits per heavy atom. The fourth-order valence-electron chi connectivity index (χ4n) is 2.58. The van der Waals surface area contributed by atoms with E-state index in [1.165, 1.54) is 5.56 Å². The second-order valence-corrected chi connectivity index (χ2v) is 5.68. The molecule has 0 saturated carbocycles. The quantitative estimate of drug-likeness (QED) is 0.888. The third kappa shape index (κ3) is 3.19. The van der Waals surface area contributed by atoms with Crippen molar-refractivity contribution in [3.05, 3.63) is 29.8 Å². The van der Waals surface area contributed by atoms with Crippen LogP contribution in [0.3, 0.4) is 0 Å². The summed E-state index contributed by atoms with van der Waals surface area (Å²) in [6.07, 6.45) is 1.42. The molecule has 0 radical (unpaired) electrons. The maximum absolute atomic E-state index is 12.5. The molecule has 20 heavy (non-hydrogen) atoms. The van der Waals surface area contributed by atoms with Crippen molar-refractivity contribution in [3.63, 3.8) is 0 Å². The van der Waals surface area contributed by atoms with E-state index in [1.807, 2.05) is 18.2 Å². The summed E-state index contributed by atoms with van der Waals surface area (Å²) in [7, 11) is 1.62. The van der Waals surface area contributed by atoms with Gasteiger partial charge in [-0.25, -0.2) is 0 Å². The fourth-order valence-corrected chi connectivity index (χ4v) is 2.58. The van der Waals surface area contributed by atoms with Gasteiger partial charge in [-0.2, -0.15) is 0 Å². The van der Waals surface area contributed by atoms with Gasteiger partial charge < -0.3 is 15.4 Å². The number of nitrogens with one attached hydrogen (secondary N) is 2. The number of rotatable bonds is 4. The molecule has 1 aliphatic heterocycles. The molecule has 0 aliphatic carbocycles. The van der Waals surface area contributed by atoms with Gasteiger partial charge >= 0.3 is 0 Å². The van der Waals surface area contributed by atoms with E-state index in [-0.39, 0.29) is 5.91 Å². The van der Waals surface area contributed by atoms with Crippen LogP contribution in [0.1, 0.15) is 38.2 Å². The average Bonchev–Trinajstić information content (AvgIpc) is 2.48. The Bertz CT molecular complexity index is 465. The third-order valence-electron chi connectivity index (χ3n) is 4.03. The normalized spacial score (nSPS) is 18.0. The number of methoxy groups -OCH3 is 1. The van der Waals surface area contributed by atoms with E-state index >= 15 is 0 Å². The monoisotopic (exact) mass is 276 g/mol. The second kappa shape index (κ2) is 6.37. The number of carbonyl (C=O) groups is 1. The Kier molecular flexibility index (Phi) is 4.78. The Morgan fingerprint density at radius 1 is 1.35 bits per heavy atom. The van der Waals surface area contributed by atoms with Crippen LogP contribution in [0.5, 0.6) is 0 Å². The van der Waals surface area contributed by atoms with E-state index in [0.29, 0.717) is 18.8 Å². The molecule has 0 bridgehead atoms. The number of hydrogen-bond acceptors (Lipinski definition) is 3. The van der Waals surface area contributed by atoms with Crippen molar-refractivity contribution >= 4 is 11.6 Å². The highest BCUT2D eigenvalue weighted by Crippen LogP contribution is 2.25. The van der Waals surface area contributed by atoms with Crippen LogP contribution < -0.4 is 10.6 Å². The third-order valence-corrected chi connectivity index (χ3v) is 4.03. The number of carbonyl (C=O) groups excluding carboxylic acids is 1. The Morgan fingerprint density at radius 3 is 2.65 bits per heavy atom. The van der Waals surface area contributed by atoms with Gasteiger partial charge in [0.05, 0.1) is 0 Å². The highest BCUT2D eigenvalue weighted by molar-refractivity contribution is 5.97. The molecule has 2 N–H and O–H groups in total. The summed E-state index contributed by atoms with van der Waals surface area (Å²) in [5.41, 5.74) is 1.37. The van der Waals surface area contributed by atoms with Crippen LogP contribution in [-0.2, 0) is 9.53 Å². The molecule has 2 rings (SSSR count). The maximum Gasteiger partial charge on any atom is 0.256 e. The van der Waals surface area contributed by atoms with Crippen LogP contribution in [0.2, 0.25) is 0 Å². The minimum absolute atomic E-state index is 0.0394. The number of piperidine rings is 1. The smallest absolute Gasteiger partial charge is 0.256 e. The maximum atomic E-state index is 12.5. The lowest BCUT2D eigenvalue weighted by atomic mass is 9.91. The topological polar surface area (TPSA) is 50.4 Å². The van der Waals surface area contributed by atoms with Crippen LogP contribution in [0, 0.1) is 0 Å². The molecule has 4 heteroatoms. The van der Waals surface area contributed by atoms with Gasteiger partial charge in [0.25, 0.3) is 5.91 Å². The zero-order chi connectivity index (χ0) is 14.6. The van der Waals surface area contributed by atoms with Gasteiger partial charge in [-0.05, 0) is 49.5 Å². The van der Waals surface area contributed by atoms with Crippen molar-refractivity contribution in [2.24, 2.45) is 0 Å². The molecular weight excluding hydrogens is 252 g/mol. The lowest BCUT2D eigenvalue weighted by Crippen LogP contribution is -2.51. The Balaban J connectivity index is 2.12. The average molecular weight is 276 g/mol. The molecule has 1 aliphatic rings. The fraction of sp³-hybridized carbons (Fsp3) is 0.562. The van der Waals surface area contributed by atoms with Crippen molar-refractivity contribution in [1.29, 1.82) is 0 Å². The van der Waals surface area contributed by atoms with Crippen LogP contribution in [0.4, 0.5) is 5.69 Å². The highest BCUT2D eigenvalue weighted by atomic mass is 16.5. The van der Waals surface area contributed by atoms with Crippen LogP contribution in [-0.4, -0.2) is 31.7 Å². The predicted molar refractivity (Wildman–Crippen MR) is 81.0 cm³/mol. The van der Waals surface area contributed by atoms with E-state index in [9.17, 15) is 4.79 Å². The second-order valence-electron chi connectivity index (χ2n) is 5.68. The molecule has 1 amide bonds. The van der Waals surface area contributed by atoms with Crippen LogP contribution >= 0.6 is 0 Å². The Labute approximate surface area is 120 Å². The molecule has 1 saturated heterocycles. The number of benzene rings is 1. The molecule has 0 spiro atoms. The van der Waals surface area contributed by atoms with Gasteiger partial charge in [-0.1, -0.05) is 26.0 Å². The molecule has 0 aromatic heterocycles. The minimum atomic E-state index is -0.695. The van der Waals surface area contributed by atoms with Gasteiger partial charge in [0.15, 0.2) is 0 Å². The van der Waals surface area contributed by atoms with Crippen molar-refractivity contribution in [2.75, 3.05) is 25.5 Å². The first-order valence-electron chi connectivity index (χ1n) is 7.25. The van der Waals surface area contributed by atoms with Gasteiger partial charge in [-0.15, -0.1) is 0 Å². The standard InChI is InChI=1S/C16H24N2O2/c1-12(2)13-5-4-6-14(11-13)18-15(19)16(20-3)7-9-17-10-8-16/h4-6,11-12,17H,7-10H2,1-3H3,(H,18,19). The van der Waals surface area contributed by atoms with Crippen LogP contribution in [0.15, 0.2) is 24.3 Å². The predicted octanol–water partition coefficient (Wildman–Crippen LogP) is 2.52. The lowest BCUT2D eigenvalue weighted by Gasteiger charge is -2.34. The highest BCUT2D eigenvalue weighted by Gasteiger charge is 2.39. The van der Waals surface area contributed by atoms with E-state index in [2.05, 4.69) is 30.5 Å². The molecule has 0 atom stereocenters. The number of anilines is 1. The zero-order valence-corrected chi connectivity index (χ0v) is 12.5. The van der Waals surface area contributed by atoms with Gasteiger partial charge in [0.1, 0.15) is 5.60 Å². The molecule has 0 unspecified atom stereocenters. The molecule has 1 heterocycles. The van der Waals surface area contributed by atoms with Gasteiger partial charge in [0, 0.05) is 12.8 Å². The van der Waals surface area contributed by atoms with E-state index in [4.69, 9.17) is 4.74 Å². The lowest BCUT2D eigenvalue weighted by molar-refractivity contribution is -0.140. The Hall–Kier alpha value is -1.39. The summed E-state index contributed by atoms with van der Waals surface area (Å²) in [6.45, 7) is 5.91. The van der Waals surface area contributed by atoms with E-state index in [0.717, 1.165) is 18.8 Å². The van der Waals surface area contributed by atoms with Crippen molar-refractivity contribution in [1.82, 2.24) is 5.32 Å². The summed E-state index contributed by atoms with van der Waals surface area (Å²) in [5, 5.41) is 6.26. The molecule has 4 nitrogen and oxygen atoms in total. The first-order valence-corrected chi connectivity index (χ1v) is 7.25. The summed E-state index contributed by atoms with van der Waals surface area (Å²) in [5.74, 6) is 0.407. The molecule has 1 aromatic rings. The summed E-state index contributed by atoms with van der Waals surface area (Å²) in [4.78, 5) is 12.5. The molecule has 1 aromatic carbocycles. The van der Waals surface area contributed by atoms with Crippen LogP contribution in [0.25, 0.3) is 0 Å². The zero-order valence-electron chi connectivity index (χ0n) is 12.5. The number of amides is 1. The van der Waals surface area contributed by atoms with Gasteiger partial charge in [0.2, 0.25) is 0 Å². The van der Waals surface area contributed by atoms with Gasteiger partial charge in [-0.3, -0.25) is 4.79 Å². The first-order chi connectivity index (χ1) is 9.57. The first kappa shape index (κ1) is 15.0. The largest absolute Gasteiger partial charge is 0.368 e. The molecule has 1 fully saturated rings. The summed E-state index contributed by atoms with van der Waals surface area (Å²) >= 11 is 0. The molecular formula is C16H24N2O2. The van der Waals surface area contributed by atoms with Crippen molar-refractivity contribution in [2.45, 2.75) is 38.2 Å². The number of ether oxygens (including phenoxy) is 1. The van der Waals surface area contributed by atoms with E-state index in [1.54, 1.807) is 7.11 Å². The van der Waals surface area contributed by atoms with Crippen molar-refractivity contribution < 1.29 is 9.53 Å². The van der Waals surface area contributed by atoms with Crippen molar-refractivity contribution in [3.8, 4) is 0 Å². The minimum Gasteiger partial charge on any atom is -0.368 e. The SMILES string of the molecule is COC1(C(=O)Nc2cccc(C(C)C)c2)CCNCC1. The summed E-state index contributed by atoms with van der Waals surface area (Å²) in [6, 6.07) is 8.02.